The molecule has 0 atom stereocenters. The molecule has 8 heteroatoms. The summed E-state index contributed by atoms with van der Waals surface area (Å²) in [6, 6.07) is 4.30. The van der Waals surface area contributed by atoms with Crippen molar-refractivity contribution in [1.29, 1.82) is 0 Å². The van der Waals surface area contributed by atoms with E-state index >= 15 is 0 Å². The van der Waals surface area contributed by atoms with Crippen LogP contribution in [-0.4, -0.2) is 23.0 Å². The van der Waals surface area contributed by atoms with Gasteiger partial charge in [-0.1, -0.05) is 26.7 Å². The first kappa shape index (κ1) is 21.0. The van der Waals surface area contributed by atoms with E-state index in [4.69, 9.17) is 4.74 Å². The molecule has 1 fully saturated rings. The van der Waals surface area contributed by atoms with Crippen molar-refractivity contribution in [2.45, 2.75) is 46.0 Å². The van der Waals surface area contributed by atoms with Gasteiger partial charge in [-0.05, 0) is 37.3 Å². The van der Waals surface area contributed by atoms with E-state index in [1.54, 1.807) is 0 Å². The Morgan fingerprint density at radius 3 is 2.52 bits per heavy atom. The molecule has 1 aliphatic rings. The summed E-state index contributed by atoms with van der Waals surface area (Å²) < 4.78 is 32.8. The second-order valence-electron chi connectivity index (χ2n) is 7.29. The van der Waals surface area contributed by atoms with Crippen molar-refractivity contribution in [2.75, 3.05) is 18.0 Å². The van der Waals surface area contributed by atoms with Crippen LogP contribution in [0.3, 0.4) is 0 Å². The van der Waals surface area contributed by atoms with Crippen molar-refractivity contribution in [1.82, 2.24) is 4.98 Å². The fraction of sp³-hybridized carbons (Fsp3) is 0.476. The van der Waals surface area contributed by atoms with Gasteiger partial charge in [-0.2, -0.15) is 0 Å². The summed E-state index contributed by atoms with van der Waals surface area (Å²) in [5.74, 6) is -1.15. The lowest BCUT2D eigenvalue weighted by atomic mass is 9.92. The molecule has 0 unspecified atom stereocenters. The summed E-state index contributed by atoms with van der Waals surface area (Å²) >= 11 is 0. The maximum Gasteiger partial charge on any atom is 0.353 e. The molecule has 0 bridgehead atoms. The normalized spacial score (nSPS) is 14.8. The molecule has 2 aromatic rings. The van der Waals surface area contributed by atoms with Gasteiger partial charge in [0.25, 0.3) is 0 Å². The molecule has 1 aromatic carbocycles. The molecule has 1 saturated heterocycles. The number of hydrogen-bond donors (Lipinski definition) is 0. The van der Waals surface area contributed by atoms with Crippen molar-refractivity contribution >= 4 is 11.5 Å². The predicted octanol–water partition coefficient (Wildman–Crippen LogP) is 5.64. The summed E-state index contributed by atoms with van der Waals surface area (Å²) in [4.78, 5) is 17.8. The smallest absolute Gasteiger partial charge is 0.353 e. The van der Waals surface area contributed by atoms with Crippen LogP contribution in [0, 0.1) is 27.7 Å². The Balaban J connectivity index is 1.98. The quantitative estimate of drug-likeness (QED) is 0.440. The zero-order valence-electron chi connectivity index (χ0n) is 16.7. The van der Waals surface area contributed by atoms with Crippen molar-refractivity contribution in [3.63, 3.8) is 0 Å². The van der Waals surface area contributed by atoms with Crippen LogP contribution in [0.1, 0.15) is 45.2 Å². The molecule has 3 rings (SSSR count). The average molecular weight is 405 g/mol. The zero-order chi connectivity index (χ0) is 21.0. The highest BCUT2D eigenvalue weighted by Gasteiger charge is 2.31. The standard InChI is InChI=1S/C21H25F2N3O3/c1-3-5-14-8-10-25(11-9-14)21-20(26(27)28)19(13-16(4-2)24-21)29-18-7-6-15(22)12-17(18)23/h6-7,12-14H,3-5,8-11H2,1-2H3. The van der Waals surface area contributed by atoms with Crippen LogP contribution < -0.4 is 9.64 Å². The Bertz CT molecular complexity index is 884. The van der Waals surface area contributed by atoms with Crippen LogP contribution in [-0.2, 0) is 6.42 Å². The number of ether oxygens (including phenoxy) is 1. The van der Waals surface area contributed by atoms with E-state index < -0.39 is 16.6 Å². The monoisotopic (exact) mass is 405 g/mol. The topological polar surface area (TPSA) is 68.5 Å². The highest BCUT2D eigenvalue weighted by atomic mass is 19.1. The largest absolute Gasteiger partial charge is 0.447 e. The molecule has 1 aromatic heterocycles. The molecule has 0 N–H and O–H groups in total. The van der Waals surface area contributed by atoms with Gasteiger partial charge in [0.05, 0.1) is 4.92 Å². The number of rotatable bonds is 7. The van der Waals surface area contributed by atoms with Crippen molar-refractivity contribution in [2.24, 2.45) is 5.92 Å². The van der Waals surface area contributed by atoms with Gasteiger partial charge in [0, 0.05) is 30.9 Å². The molecular weight excluding hydrogens is 380 g/mol. The predicted molar refractivity (Wildman–Crippen MR) is 107 cm³/mol. The van der Waals surface area contributed by atoms with Gasteiger partial charge >= 0.3 is 5.69 Å². The summed E-state index contributed by atoms with van der Waals surface area (Å²) in [6.07, 6.45) is 4.71. The van der Waals surface area contributed by atoms with E-state index in [2.05, 4.69) is 11.9 Å². The fourth-order valence-corrected chi connectivity index (χ4v) is 3.72. The van der Waals surface area contributed by atoms with Crippen LogP contribution in [0.15, 0.2) is 24.3 Å². The second kappa shape index (κ2) is 9.15. The molecule has 0 amide bonds. The van der Waals surface area contributed by atoms with Gasteiger partial charge in [0.15, 0.2) is 11.6 Å². The summed E-state index contributed by atoms with van der Waals surface area (Å²) in [6.45, 7) is 5.39. The number of nitro groups is 1. The molecule has 6 nitrogen and oxygen atoms in total. The van der Waals surface area contributed by atoms with Crippen LogP contribution in [0.4, 0.5) is 20.3 Å². The summed E-state index contributed by atoms with van der Waals surface area (Å²) in [5.41, 5.74) is 0.318. The number of hydrogen-bond acceptors (Lipinski definition) is 5. The van der Waals surface area contributed by atoms with Crippen LogP contribution in [0.5, 0.6) is 11.5 Å². The lowest BCUT2D eigenvalue weighted by molar-refractivity contribution is -0.385. The van der Waals surface area contributed by atoms with Gasteiger partial charge < -0.3 is 9.64 Å². The Morgan fingerprint density at radius 2 is 1.93 bits per heavy atom. The van der Waals surface area contributed by atoms with E-state index in [9.17, 15) is 18.9 Å². The van der Waals surface area contributed by atoms with Gasteiger partial charge in [-0.15, -0.1) is 0 Å². The summed E-state index contributed by atoms with van der Waals surface area (Å²) in [7, 11) is 0. The number of pyridine rings is 1. The lowest BCUT2D eigenvalue weighted by Gasteiger charge is -2.32. The Kier molecular flexibility index (Phi) is 6.61. The third kappa shape index (κ3) is 4.81. The number of anilines is 1. The minimum atomic E-state index is -0.920. The van der Waals surface area contributed by atoms with Crippen molar-refractivity contribution in [3.8, 4) is 11.5 Å². The van der Waals surface area contributed by atoms with E-state index in [1.807, 2.05) is 11.8 Å². The van der Waals surface area contributed by atoms with E-state index in [0.717, 1.165) is 37.8 Å². The second-order valence-corrected chi connectivity index (χ2v) is 7.29. The first-order valence-electron chi connectivity index (χ1n) is 9.99. The first-order chi connectivity index (χ1) is 13.9. The molecule has 0 spiro atoms. The van der Waals surface area contributed by atoms with E-state index in [1.165, 1.54) is 6.07 Å². The molecule has 156 valence electrons. The zero-order valence-corrected chi connectivity index (χ0v) is 16.7. The maximum absolute atomic E-state index is 14.1. The number of benzene rings is 1. The van der Waals surface area contributed by atoms with E-state index in [-0.39, 0.29) is 23.0 Å². The Hall–Kier alpha value is -2.77. The van der Waals surface area contributed by atoms with Gasteiger partial charge in [0.2, 0.25) is 11.6 Å². The number of piperidine rings is 1. The molecule has 29 heavy (non-hydrogen) atoms. The van der Waals surface area contributed by atoms with Gasteiger partial charge in [-0.25, -0.2) is 13.8 Å². The van der Waals surface area contributed by atoms with Crippen molar-refractivity contribution in [3.05, 3.63) is 51.7 Å². The third-order valence-corrected chi connectivity index (χ3v) is 5.26. The van der Waals surface area contributed by atoms with E-state index in [0.29, 0.717) is 37.2 Å². The number of aryl methyl sites for hydroxylation is 1. The Labute approximate surface area is 168 Å². The first-order valence-corrected chi connectivity index (χ1v) is 9.99. The van der Waals surface area contributed by atoms with Gasteiger partial charge in [0.1, 0.15) is 5.82 Å². The van der Waals surface area contributed by atoms with Crippen LogP contribution in [0.25, 0.3) is 0 Å². The van der Waals surface area contributed by atoms with Gasteiger partial charge in [-0.3, -0.25) is 10.1 Å². The van der Waals surface area contributed by atoms with Crippen LogP contribution in [0.2, 0.25) is 0 Å². The summed E-state index contributed by atoms with van der Waals surface area (Å²) in [5, 5.41) is 11.9. The molecule has 0 aliphatic carbocycles. The highest BCUT2D eigenvalue weighted by molar-refractivity contribution is 5.67. The van der Waals surface area contributed by atoms with Crippen LogP contribution >= 0.6 is 0 Å². The highest BCUT2D eigenvalue weighted by Crippen LogP contribution is 2.41. The average Bonchev–Trinajstić information content (AvgIpc) is 2.70. The molecular formula is C21H25F2N3O3. The van der Waals surface area contributed by atoms with Crippen molar-refractivity contribution < 1.29 is 18.4 Å². The molecule has 2 heterocycles. The number of nitrogens with zero attached hydrogens (tertiary/aromatic N) is 3. The molecule has 0 radical (unpaired) electrons. The minimum absolute atomic E-state index is 0.0851. The SMILES string of the molecule is CCCC1CCN(c2nc(CC)cc(Oc3ccc(F)cc3F)c2[N+](=O)[O-])CC1. The third-order valence-electron chi connectivity index (χ3n) is 5.26. The lowest BCUT2D eigenvalue weighted by Crippen LogP contribution is -2.34. The maximum atomic E-state index is 14.1. The Morgan fingerprint density at radius 1 is 1.21 bits per heavy atom. The molecule has 0 saturated carbocycles. The number of aromatic nitrogens is 1. The number of halogens is 2. The molecule has 1 aliphatic heterocycles. The fourth-order valence-electron chi connectivity index (χ4n) is 3.72. The minimum Gasteiger partial charge on any atom is -0.447 e.